The molecule has 0 aliphatic carbocycles. The van der Waals surface area contributed by atoms with E-state index < -0.39 is 0 Å². The molecule has 1 fully saturated rings. The van der Waals surface area contributed by atoms with E-state index in [2.05, 4.69) is 9.69 Å². The minimum absolute atomic E-state index is 0.231. The fourth-order valence-electron chi connectivity index (χ4n) is 2.19. The van der Waals surface area contributed by atoms with Gasteiger partial charge in [-0.05, 0) is 31.3 Å². The molecule has 8 heteroatoms. The van der Waals surface area contributed by atoms with Gasteiger partial charge in [0.1, 0.15) is 0 Å². The number of rotatable bonds is 4. The maximum Gasteiger partial charge on any atom is 0.409 e. The highest BCUT2D eigenvalue weighted by molar-refractivity contribution is 7.11. The van der Waals surface area contributed by atoms with Crippen LogP contribution in [0.5, 0.6) is 5.75 Å². The van der Waals surface area contributed by atoms with Crippen molar-refractivity contribution in [3.05, 3.63) is 0 Å². The highest BCUT2D eigenvalue weighted by Crippen LogP contribution is 2.35. The predicted octanol–water partition coefficient (Wildman–Crippen LogP) is 1.77. The van der Waals surface area contributed by atoms with Crippen molar-refractivity contribution in [1.82, 2.24) is 9.27 Å². The van der Waals surface area contributed by atoms with Crippen molar-refractivity contribution >= 4 is 28.4 Å². The summed E-state index contributed by atoms with van der Waals surface area (Å²) in [5.41, 5.74) is 5.72. The van der Waals surface area contributed by atoms with Gasteiger partial charge in [0, 0.05) is 19.1 Å². The quantitative estimate of drug-likeness (QED) is 0.880. The summed E-state index contributed by atoms with van der Waals surface area (Å²) in [7, 11) is 1.58. The summed E-state index contributed by atoms with van der Waals surface area (Å²) in [5.74, 6) is 1.01. The zero-order valence-electron chi connectivity index (χ0n) is 11.7. The Balaban J connectivity index is 1.86. The van der Waals surface area contributed by atoms with Crippen molar-refractivity contribution in [3.8, 4) is 5.75 Å². The Labute approximate surface area is 122 Å². The average Bonchev–Trinajstić information content (AvgIpc) is 2.80. The number of carbonyl (C=O) groups is 1. The number of nitrogens with zero attached hydrogens (tertiary/aromatic N) is 2. The van der Waals surface area contributed by atoms with Gasteiger partial charge in [0.15, 0.2) is 16.6 Å². The van der Waals surface area contributed by atoms with Crippen LogP contribution in [-0.2, 0) is 4.74 Å². The fraction of sp³-hybridized carbons (Fsp3) is 0.667. The van der Waals surface area contributed by atoms with Crippen LogP contribution in [0.25, 0.3) is 0 Å². The second-order valence-corrected chi connectivity index (χ2v) is 5.31. The first-order valence-corrected chi connectivity index (χ1v) is 7.40. The smallest absolute Gasteiger partial charge is 0.409 e. The molecule has 0 atom stereocenters. The number of aromatic nitrogens is 1. The van der Waals surface area contributed by atoms with Gasteiger partial charge < -0.3 is 25.4 Å². The number of hydrogen-bond acceptors (Lipinski definition) is 7. The van der Waals surface area contributed by atoms with E-state index in [1.54, 1.807) is 12.0 Å². The monoisotopic (exact) mass is 300 g/mol. The number of ether oxygens (including phenoxy) is 2. The van der Waals surface area contributed by atoms with Crippen molar-refractivity contribution in [2.75, 3.05) is 37.9 Å². The molecule has 2 heterocycles. The van der Waals surface area contributed by atoms with Gasteiger partial charge >= 0.3 is 6.09 Å². The lowest BCUT2D eigenvalue weighted by Crippen LogP contribution is -2.42. The summed E-state index contributed by atoms with van der Waals surface area (Å²) in [6.45, 7) is 3.60. The summed E-state index contributed by atoms with van der Waals surface area (Å²) in [5, 5.41) is 4.23. The number of carbonyl (C=O) groups excluding carboxylic acids is 1. The Hall–Kier alpha value is -1.70. The molecule has 0 unspecified atom stereocenters. The van der Waals surface area contributed by atoms with E-state index in [0.717, 1.165) is 17.8 Å². The van der Waals surface area contributed by atoms with Gasteiger partial charge in [-0.25, -0.2) is 4.79 Å². The van der Waals surface area contributed by atoms with Crippen molar-refractivity contribution in [3.63, 3.8) is 0 Å². The maximum absolute atomic E-state index is 11.6. The lowest BCUT2D eigenvalue weighted by Gasteiger charge is -2.31. The fourth-order valence-corrected chi connectivity index (χ4v) is 2.95. The standard InChI is InChI=1S/C12H20N4O3S/c1-3-19-12(17)16-6-4-8(5-7-16)14-11-9(18-2)10(13)15-20-11/h8,14H,3-7H2,1-2H3,(H2,13,15). The van der Waals surface area contributed by atoms with Crippen LogP contribution >= 0.6 is 11.5 Å². The molecule has 2 rings (SSSR count). The van der Waals surface area contributed by atoms with Crippen molar-refractivity contribution in [2.45, 2.75) is 25.8 Å². The summed E-state index contributed by atoms with van der Waals surface area (Å²) in [6, 6.07) is 0.287. The van der Waals surface area contributed by atoms with E-state index in [4.69, 9.17) is 15.2 Å². The van der Waals surface area contributed by atoms with Crippen LogP contribution < -0.4 is 15.8 Å². The summed E-state index contributed by atoms with van der Waals surface area (Å²) >= 11 is 1.29. The average molecular weight is 300 g/mol. The molecule has 0 spiro atoms. The van der Waals surface area contributed by atoms with Crippen molar-refractivity contribution < 1.29 is 14.3 Å². The topological polar surface area (TPSA) is 89.7 Å². The molecule has 1 saturated heterocycles. The summed E-state index contributed by atoms with van der Waals surface area (Å²) in [4.78, 5) is 13.3. The summed E-state index contributed by atoms with van der Waals surface area (Å²) < 4.78 is 14.3. The zero-order chi connectivity index (χ0) is 14.5. The zero-order valence-corrected chi connectivity index (χ0v) is 12.5. The number of nitrogen functional groups attached to an aromatic ring is 1. The van der Waals surface area contributed by atoms with E-state index in [1.807, 2.05) is 6.92 Å². The molecule has 20 heavy (non-hydrogen) atoms. The third-order valence-corrected chi connectivity index (χ3v) is 4.01. The van der Waals surface area contributed by atoms with Crippen LogP contribution in [0.1, 0.15) is 19.8 Å². The number of nitrogens with two attached hydrogens (primary N) is 1. The van der Waals surface area contributed by atoms with E-state index in [0.29, 0.717) is 31.3 Å². The van der Waals surface area contributed by atoms with Crippen LogP contribution in [0.2, 0.25) is 0 Å². The molecule has 0 aromatic carbocycles. The van der Waals surface area contributed by atoms with E-state index in [-0.39, 0.29) is 12.1 Å². The maximum atomic E-state index is 11.6. The minimum atomic E-state index is -0.231. The lowest BCUT2D eigenvalue weighted by atomic mass is 10.1. The number of amides is 1. The molecule has 1 amide bonds. The highest BCUT2D eigenvalue weighted by Gasteiger charge is 2.25. The highest BCUT2D eigenvalue weighted by atomic mass is 32.1. The molecule has 0 saturated carbocycles. The molecule has 1 aromatic rings. The van der Waals surface area contributed by atoms with Gasteiger partial charge in [-0.1, -0.05) is 0 Å². The molecule has 3 N–H and O–H groups in total. The Bertz CT molecular complexity index is 458. The van der Waals surface area contributed by atoms with Crippen LogP contribution in [0.15, 0.2) is 0 Å². The first kappa shape index (κ1) is 14.7. The largest absolute Gasteiger partial charge is 0.490 e. The molecular weight excluding hydrogens is 280 g/mol. The second-order valence-electron chi connectivity index (χ2n) is 4.53. The van der Waals surface area contributed by atoms with Crippen LogP contribution in [0.3, 0.4) is 0 Å². The number of nitrogens with one attached hydrogen (secondary N) is 1. The first-order chi connectivity index (χ1) is 9.65. The minimum Gasteiger partial charge on any atom is -0.490 e. The van der Waals surface area contributed by atoms with Gasteiger partial charge in [-0.2, -0.15) is 4.37 Å². The van der Waals surface area contributed by atoms with Crippen LogP contribution in [0, 0.1) is 0 Å². The molecular formula is C12H20N4O3S. The van der Waals surface area contributed by atoms with Crippen molar-refractivity contribution in [1.29, 1.82) is 0 Å². The molecule has 1 aromatic heterocycles. The number of piperidine rings is 1. The number of anilines is 2. The van der Waals surface area contributed by atoms with Gasteiger partial charge in [0.2, 0.25) is 0 Å². The predicted molar refractivity (Wildman–Crippen MR) is 78.3 cm³/mol. The number of hydrogen-bond donors (Lipinski definition) is 2. The van der Waals surface area contributed by atoms with Gasteiger partial charge in [0.05, 0.1) is 13.7 Å². The molecule has 7 nitrogen and oxygen atoms in total. The van der Waals surface area contributed by atoms with E-state index in [1.165, 1.54) is 11.5 Å². The van der Waals surface area contributed by atoms with Crippen LogP contribution in [-0.4, -0.2) is 48.2 Å². The normalized spacial score (nSPS) is 16.0. The molecule has 1 aliphatic rings. The van der Waals surface area contributed by atoms with Gasteiger partial charge in [0.25, 0.3) is 0 Å². The SMILES string of the molecule is CCOC(=O)N1CCC(Nc2snc(N)c2OC)CC1. The van der Waals surface area contributed by atoms with E-state index in [9.17, 15) is 4.79 Å². The molecule has 1 aliphatic heterocycles. The number of methoxy groups -OCH3 is 1. The third-order valence-electron chi connectivity index (χ3n) is 3.23. The van der Waals surface area contributed by atoms with Crippen molar-refractivity contribution in [2.24, 2.45) is 0 Å². The molecule has 112 valence electrons. The summed E-state index contributed by atoms with van der Waals surface area (Å²) in [6.07, 6.45) is 1.49. The molecule has 0 radical (unpaired) electrons. The number of likely N-dealkylation sites (tertiary alicyclic amines) is 1. The van der Waals surface area contributed by atoms with Gasteiger partial charge in [-0.15, -0.1) is 0 Å². The Kier molecular flexibility index (Phi) is 4.89. The second kappa shape index (κ2) is 6.65. The first-order valence-electron chi connectivity index (χ1n) is 6.63. The van der Waals surface area contributed by atoms with Gasteiger partial charge in [-0.3, -0.25) is 0 Å². The van der Waals surface area contributed by atoms with E-state index >= 15 is 0 Å². The Morgan fingerprint density at radius 1 is 1.55 bits per heavy atom. The molecule has 0 bridgehead atoms. The lowest BCUT2D eigenvalue weighted by molar-refractivity contribution is 0.0983. The third kappa shape index (κ3) is 3.24. The van der Waals surface area contributed by atoms with Crippen LogP contribution in [0.4, 0.5) is 15.6 Å². The Morgan fingerprint density at radius 2 is 2.25 bits per heavy atom. The Morgan fingerprint density at radius 3 is 2.85 bits per heavy atom.